The van der Waals surface area contributed by atoms with Gasteiger partial charge < -0.3 is 5.73 Å². The van der Waals surface area contributed by atoms with Gasteiger partial charge in [0.1, 0.15) is 5.84 Å². The number of hydrogen-bond acceptors (Lipinski definition) is 3. The van der Waals surface area contributed by atoms with Crippen molar-refractivity contribution < 1.29 is 8.42 Å². The first-order valence-electron chi connectivity index (χ1n) is 4.63. The number of hydrogen-bond donors (Lipinski definition) is 2. The summed E-state index contributed by atoms with van der Waals surface area (Å²) in [6, 6.07) is -0.157. The van der Waals surface area contributed by atoms with Gasteiger partial charge in [-0.2, -0.15) is 4.31 Å². The van der Waals surface area contributed by atoms with Crippen LogP contribution in [0.3, 0.4) is 0 Å². The second-order valence-corrected chi connectivity index (χ2v) is 5.52. The third-order valence-corrected chi connectivity index (χ3v) is 3.91. The van der Waals surface area contributed by atoms with E-state index in [-0.39, 0.29) is 24.2 Å². The summed E-state index contributed by atoms with van der Waals surface area (Å²) < 4.78 is 24.6. The highest BCUT2D eigenvalue weighted by molar-refractivity contribution is 7.89. The molecule has 0 rings (SSSR count). The summed E-state index contributed by atoms with van der Waals surface area (Å²) in [6.45, 7) is 5.34. The van der Waals surface area contributed by atoms with E-state index in [1.54, 1.807) is 13.8 Å². The molecule has 0 spiro atoms. The van der Waals surface area contributed by atoms with Gasteiger partial charge in [-0.1, -0.05) is 6.92 Å². The smallest absolute Gasteiger partial charge is 0.214 e. The monoisotopic (exact) mass is 221 g/mol. The largest absolute Gasteiger partial charge is 0.387 e. The van der Waals surface area contributed by atoms with Gasteiger partial charge in [0.15, 0.2) is 0 Å². The molecule has 0 aliphatic rings. The second kappa shape index (κ2) is 5.31. The van der Waals surface area contributed by atoms with Crippen LogP contribution in [0, 0.1) is 5.41 Å². The molecule has 0 unspecified atom stereocenters. The minimum absolute atomic E-state index is 0.0139. The summed E-state index contributed by atoms with van der Waals surface area (Å²) in [6.07, 6.45) is 0.573. The lowest BCUT2D eigenvalue weighted by Crippen LogP contribution is -2.43. The fourth-order valence-corrected chi connectivity index (χ4v) is 2.87. The Morgan fingerprint density at radius 1 is 1.50 bits per heavy atom. The quantitative estimate of drug-likeness (QED) is 0.502. The van der Waals surface area contributed by atoms with E-state index in [2.05, 4.69) is 0 Å². The number of nitrogens with two attached hydrogens (primary N) is 1. The molecule has 0 amide bonds. The molecule has 0 aromatic rings. The molecular formula is C8H19N3O2S. The van der Waals surface area contributed by atoms with Gasteiger partial charge in [0, 0.05) is 6.04 Å². The lowest BCUT2D eigenvalue weighted by Gasteiger charge is -2.24. The standard InChI is InChI=1S/C8H19N3O2S/c1-4-5-14(12,13)11(7(2)3)6-8(9)10/h7H,4-6H2,1-3H3,(H3,9,10). The van der Waals surface area contributed by atoms with Gasteiger partial charge in [0.2, 0.25) is 10.0 Å². The van der Waals surface area contributed by atoms with E-state index in [4.69, 9.17) is 11.1 Å². The molecule has 5 nitrogen and oxygen atoms in total. The lowest BCUT2D eigenvalue weighted by molar-refractivity contribution is 0.389. The molecule has 0 atom stereocenters. The van der Waals surface area contributed by atoms with E-state index in [1.807, 2.05) is 6.92 Å². The van der Waals surface area contributed by atoms with Gasteiger partial charge in [-0.15, -0.1) is 0 Å². The number of nitrogens with one attached hydrogen (secondary N) is 1. The third kappa shape index (κ3) is 4.06. The van der Waals surface area contributed by atoms with Crippen molar-refractivity contribution in [1.82, 2.24) is 4.31 Å². The second-order valence-electron chi connectivity index (χ2n) is 3.48. The zero-order valence-corrected chi connectivity index (χ0v) is 9.76. The van der Waals surface area contributed by atoms with Crippen molar-refractivity contribution in [3.8, 4) is 0 Å². The molecule has 0 aliphatic carbocycles. The first kappa shape index (κ1) is 13.4. The molecule has 3 N–H and O–H groups in total. The van der Waals surface area contributed by atoms with Crippen LogP contribution in [0.25, 0.3) is 0 Å². The van der Waals surface area contributed by atoms with E-state index >= 15 is 0 Å². The Morgan fingerprint density at radius 2 is 2.00 bits per heavy atom. The Hall–Kier alpha value is -0.620. The predicted octanol–water partition coefficient (Wildman–Crippen LogP) is 0.373. The number of sulfonamides is 1. The van der Waals surface area contributed by atoms with Crippen molar-refractivity contribution in [2.45, 2.75) is 33.2 Å². The van der Waals surface area contributed by atoms with Crippen LogP contribution in [0.5, 0.6) is 0 Å². The highest BCUT2D eigenvalue weighted by Gasteiger charge is 2.24. The van der Waals surface area contributed by atoms with Crippen LogP contribution in [-0.2, 0) is 10.0 Å². The minimum Gasteiger partial charge on any atom is -0.387 e. The third-order valence-electron chi connectivity index (χ3n) is 1.72. The normalized spacial score (nSPS) is 12.4. The van der Waals surface area contributed by atoms with Gasteiger partial charge in [-0.25, -0.2) is 8.42 Å². The molecule has 0 aromatic heterocycles. The van der Waals surface area contributed by atoms with E-state index < -0.39 is 10.0 Å². The van der Waals surface area contributed by atoms with Crippen LogP contribution in [0.4, 0.5) is 0 Å². The van der Waals surface area contributed by atoms with Gasteiger partial charge >= 0.3 is 0 Å². The van der Waals surface area contributed by atoms with E-state index in [9.17, 15) is 8.42 Å². The fraction of sp³-hybridized carbons (Fsp3) is 0.875. The summed E-state index contributed by atoms with van der Waals surface area (Å²) in [7, 11) is -3.25. The molecule has 6 heteroatoms. The molecule has 0 bridgehead atoms. The molecule has 0 radical (unpaired) electrons. The van der Waals surface area contributed by atoms with Crippen molar-refractivity contribution in [2.75, 3.05) is 12.3 Å². The Bertz CT molecular complexity index is 285. The molecule has 0 aromatic carbocycles. The highest BCUT2D eigenvalue weighted by atomic mass is 32.2. The Balaban J connectivity index is 4.73. The van der Waals surface area contributed by atoms with Gasteiger partial charge in [-0.3, -0.25) is 5.41 Å². The van der Waals surface area contributed by atoms with Crippen LogP contribution in [0.2, 0.25) is 0 Å². The molecule has 0 saturated carbocycles. The molecule has 0 fully saturated rings. The zero-order valence-electron chi connectivity index (χ0n) is 8.95. The fourth-order valence-electron chi connectivity index (χ4n) is 1.15. The number of amidine groups is 1. The van der Waals surface area contributed by atoms with Gasteiger partial charge in [-0.05, 0) is 20.3 Å². The van der Waals surface area contributed by atoms with Gasteiger partial charge in [0.05, 0.1) is 12.3 Å². The lowest BCUT2D eigenvalue weighted by atomic mass is 10.4. The van der Waals surface area contributed by atoms with Crippen molar-refractivity contribution in [1.29, 1.82) is 5.41 Å². The SMILES string of the molecule is CCCS(=O)(=O)N(CC(=N)N)C(C)C. The van der Waals surface area contributed by atoms with Crippen LogP contribution < -0.4 is 5.73 Å². The number of nitrogens with zero attached hydrogens (tertiary/aromatic N) is 1. The van der Waals surface area contributed by atoms with Gasteiger partial charge in [0.25, 0.3) is 0 Å². The van der Waals surface area contributed by atoms with Crippen molar-refractivity contribution in [3.05, 3.63) is 0 Å². The summed E-state index contributed by atoms with van der Waals surface area (Å²) in [5.74, 6) is -0.0169. The zero-order chi connectivity index (χ0) is 11.4. The highest BCUT2D eigenvalue weighted by Crippen LogP contribution is 2.07. The molecular weight excluding hydrogens is 202 g/mol. The van der Waals surface area contributed by atoms with E-state index in [0.717, 1.165) is 0 Å². The van der Waals surface area contributed by atoms with Crippen LogP contribution >= 0.6 is 0 Å². The van der Waals surface area contributed by atoms with Crippen LogP contribution in [0.1, 0.15) is 27.2 Å². The molecule has 0 saturated heterocycles. The van der Waals surface area contributed by atoms with Crippen molar-refractivity contribution >= 4 is 15.9 Å². The molecule has 84 valence electrons. The minimum atomic E-state index is -3.25. The Morgan fingerprint density at radius 3 is 2.29 bits per heavy atom. The van der Waals surface area contributed by atoms with Crippen LogP contribution in [0.15, 0.2) is 0 Å². The summed E-state index contributed by atoms with van der Waals surface area (Å²) >= 11 is 0. The van der Waals surface area contributed by atoms with Crippen LogP contribution in [-0.4, -0.2) is 36.9 Å². The molecule has 14 heavy (non-hydrogen) atoms. The summed E-state index contributed by atoms with van der Waals surface area (Å²) in [5, 5.41) is 7.10. The average molecular weight is 221 g/mol. The van der Waals surface area contributed by atoms with Crippen molar-refractivity contribution in [2.24, 2.45) is 5.73 Å². The first-order valence-corrected chi connectivity index (χ1v) is 6.24. The van der Waals surface area contributed by atoms with E-state index in [0.29, 0.717) is 6.42 Å². The maximum atomic E-state index is 11.7. The average Bonchev–Trinajstić information content (AvgIpc) is 1.99. The summed E-state index contributed by atoms with van der Waals surface area (Å²) in [5.41, 5.74) is 5.20. The topological polar surface area (TPSA) is 87.2 Å². The van der Waals surface area contributed by atoms with Crippen molar-refractivity contribution in [3.63, 3.8) is 0 Å². The Kier molecular flexibility index (Phi) is 5.07. The first-order chi connectivity index (χ1) is 6.31. The maximum absolute atomic E-state index is 11.7. The molecule has 0 aliphatic heterocycles. The molecule has 0 heterocycles. The van der Waals surface area contributed by atoms with E-state index in [1.165, 1.54) is 4.31 Å². The Labute approximate surface area is 85.8 Å². The number of rotatable bonds is 6. The predicted molar refractivity (Wildman–Crippen MR) is 57.8 cm³/mol. The maximum Gasteiger partial charge on any atom is 0.214 e. The summed E-state index contributed by atoms with van der Waals surface area (Å²) in [4.78, 5) is 0.